The van der Waals surface area contributed by atoms with E-state index in [0.717, 1.165) is 0 Å². The summed E-state index contributed by atoms with van der Waals surface area (Å²) >= 11 is 0. The number of pyridine rings is 1. The summed E-state index contributed by atoms with van der Waals surface area (Å²) in [4.78, 5) is 3.77. The minimum absolute atomic E-state index is 0.00429. The maximum absolute atomic E-state index is 12.7. The lowest BCUT2D eigenvalue weighted by Crippen LogP contribution is -2.34. The minimum Gasteiger partial charge on any atom is -0.471 e. The van der Waals surface area contributed by atoms with Crippen molar-refractivity contribution in [3.05, 3.63) is 12.1 Å². The van der Waals surface area contributed by atoms with E-state index in [-0.39, 0.29) is 17.4 Å². The van der Waals surface area contributed by atoms with Crippen molar-refractivity contribution in [3.63, 3.8) is 0 Å². The van der Waals surface area contributed by atoms with Crippen LogP contribution in [-0.4, -0.2) is 29.5 Å². The van der Waals surface area contributed by atoms with E-state index in [4.69, 9.17) is 10.5 Å². The van der Waals surface area contributed by atoms with E-state index < -0.39 is 24.6 Å². The number of aromatic nitrogens is 1. The first-order chi connectivity index (χ1) is 9.01. The van der Waals surface area contributed by atoms with Gasteiger partial charge in [-0.15, -0.1) is 0 Å². The Hall–Kier alpha value is -1.73. The molecule has 1 rings (SSSR count). The highest BCUT2D eigenvalue weighted by atomic mass is 19.3. The Morgan fingerprint density at radius 2 is 1.85 bits per heavy atom. The van der Waals surface area contributed by atoms with Gasteiger partial charge in [-0.2, -0.15) is 13.8 Å². The van der Waals surface area contributed by atoms with E-state index in [9.17, 15) is 17.6 Å². The molecule has 0 atom stereocenters. The van der Waals surface area contributed by atoms with Crippen LogP contribution in [0, 0.1) is 0 Å². The molecule has 4 nitrogen and oxygen atoms in total. The predicted octanol–water partition coefficient (Wildman–Crippen LogP) is 3.12. The van der Waals surface area contributed by atoms with Gasteiger partial charge in [-0.25, -0.2) is 8.78 Å². The molecule has 114 valence electrons. The van der Waals surface area contributed by atoms with Crippen molar-refractivity contribution in [2.45, 2.75) is 38.7 Å². The summed E-state index contributed by atoms with van der Waals surface area (Å²) in [5.41, 5.74) is 5.20. The molecule has 0 aliphatic heterocycles. The van der Waals surface area contributed by atoms with Crippen LogP contribution in [0.2, 0.25) is 0 Å². The molecule has 0 saturated carbocycles. The summed E-state index contributed by atoms with van der Waals surface area (Å²) in [5.74, 6) is -4.51. The summed E-state index contributed by atoms with van der Waals surface area (Å²) in [6, 6.07) is 2.54. The maximum Gasteiger partial charge on any atom is 0.340 e. The molecular weight excluding hydrogens is 280 g/mol. The summed E-state index contributed by atoms with van der Waals surface area (Å²) in [7, 11) is 0. The smallest absolute Gasteiger partial charge is 0.340 e. The third-order valence-electron chi connectivity index (χ3n) is 2.00. The second-order valence-electron chi connectivity index (χ2n) is 5.11. The second-order valence-corrected chi connectivity index (χ2v) is 5.11. The van der Waals surface area contributed by atoms with Crippen LogP contribution in [-0.2, 0) is 0 Å². The van der Waals surface area contributed by atoms with Crippen LogP contribution in [0.15, 0.2) is 12.1 Å². The van der Waals surface area contributed by atoms with Gasteiger partial charge < -0.3 is 15.2 Å². The first-order valence-corrected chi connectivity index (χ1v) is 5.75. The largest absolute Gasteiger partial charge is 0.471 e. The monoisotopic (exact) mass is 296 g/mol. The summed E-state index contributed by atoms with van der Waals surface area (Å²) in [5, 5.41) is 0. The third kappa shape index (κ3) is 4.75. The van der Waals surface area contributed by atoms with E-state index in [1.165, 1.54) is 12.1 Å². The molecule has 0 amide bonds. The molecule has 0 unspecified atom stereocenters. The Labute approximate surface area is 113 Å². The zero-order chi connectivity index (χ0) is 15.6. The van der Waals surface area contributed by atoms with Crippen molar-refractivity contribution in [1.82, 2.24) is 4.98 Å². The van der Waals surface area contributed by atoms with Gasteiger partial charge in [-0.1, -0.05) is 0 Å². The lowest BCUT2D eigenvalue weighted by atomic mass is 10.2. The van der Waals surface area contributed by atoms with Crippen LogP contribution in [0.3, 0.4) is 0 Å². The molecule has 20 heavy (non-hydrogen) atoms. The fourth-order valence-electron chi connectivity index (χ4n) is 1.12. The third-order valence-corrected chi connectivity index (χ3v) is 2.00. The van der Waals surface area contributed by atoms with Crippen molar-refractivity contribution in [3.8, 4) is 11.8 Å². The quantitative estimate of drug-likeness (QED) is 0.848. The van der Waals surface area contributed by atoms with Crippen molar-refractivity contribution >= 4 is 5.69 Å². The van der Waals surface area contributed by atoms with Crippen LogP contribution in [0.25, 0.3) is 0 Å². The Morgan fingerprint density at radius 3 is 2.35 bits per heavy atom. The van der Waals surface area contributed by atoms with Crippen molar-refractivity contribution < 1.29 is 27.0 Å². The molecule has 8 heteroatoms. The molecule has 0 spiro atoms. The fraction of sp³-hybridized carbons (Fsp3) is 0.583. The molecule has 1 aromatic heterocycles. The maximum atomic E-state index is 12.7. The van der Waals surface area contributed by atoms with Gasteiger partial charge in [0.2, 0.25) is 11.8 Å². The molecule has 1 heterocycles. The fourth-order valence-corrected chi connectivity index (χ4v) is 1.12. The molecule has 0 fully saturated rings. The lowest BCUT2D eigenvalue weighted by Gasteiger charge is -2.22. The highest BCUT2D eigenvalue weighted by Gasteiger charge is 2.41. The summed E-state index contributed by atoms with van der Waals surface area (Å²) in [6.45, 7) is 3.75. The van der Waals surface area contributed by atoms with E-state index in [1.54, 1.807) is 20.8 Å². The normalized spacial score (nSPS) is 12.6. The molecule has 0 radical (unpaired) electrons. The topological polar surface area (TPSA) is 57.4 Å². The average molecular weight is 296 g/mol. The minimum atomic E-state index is -4.24. The van der Waals surface area contributed by atoms with Gasteiger partial charge in [-0.05, 0) is 26.8 Å². The van der Waals surface area contributed by atoms with Crippen LogP contribution in [0.4, 0.5) is 23.2 Å². The number of halogens is 4. The van der Waals surface area contributed by atoms with Crippen molar-refractivity contribution in [2.75, 3.05) is 12.3 Å². The van der Waals surface area contributed by atoms with Crippen LogP contribution in [0.5, 0.6) is 11.8 Å². The predicted molar refractivity (Wildman–Crippen MR) is 65.5 cm³/mol. The van der Waals surface area contributed by atoms with Gasteiger partial charge in [0.25, 0.3) is 0 Å². The highest BCUT2D eigenvalue weighted by Crippen LogP contribution is 2.28. The summed E-state index contributed by atoms with van der Waals surface area (Å²) < 4.78 is 59.4. The number of hydrogen-bond donors (Lipinski definition) is 1. The Morgan fingerprint density at radius 1 is 1.25 bits per heavy atom. The van der Waals surface area contributed by atoms with Gasteiger partial charge in [0, 0.05) is 6.07 Å². The Bertz CT molecular complexity index is 461. The van der Waals surface area contributed by atoms with Crippen molar-refractivity contribution in [2.24, 2.45) is 0 Å². The van der Waals surface area contributed by atoms with Gasteiger partial charge in [0.05, 0.1) is 5.69 Å². The van der Waals surface area contributed by atoms with Gasteiger partial charge in [0.1, 0.15) is 5.60 Å². The molecular formula is C12H16F4N2O2. The standard InChI is InChI=1S/C12H16F4N2O2/c1-11(2,3)20-9-7(17)4-5-8(18-9)19-6-12(15,16)10(13)14/h4-5,10H,6,17H2,1-3H3. The highest BCUT2D eigenvalue weighted by molar-refractivity contribution is 5.49. The van der Waals surface area contributed by atoms with Crippen molar-refractivity contribution in [1.29, 1.82) is 0 Å². The van der Waals surface area contributed by atoms with Gasteiger partial charge in [-0.3, -0.25) is 0 Å². The number of hydrogen-bond acceptors (Lipinski definition) is 4. The number of nitrogens with zero attached hydrogens (tertiary/aromatic N) is 1. The van der Waals surface area contributed by atoms with Gasteiger partial charge >= 0.3 is 12.3 Å². The molecule has 0 saturated heterocycles. The van der Waals surface area contributed by atoms with Gasteiger partial charge in [0.15, 0.2) is 6.61 Å². The first-order valence-electron chi connectivity index (χ1n) is 5.75. The number of rotatable bonds is 5. The van der Waals surface area contributed by atoms with Crippen LogP contribution in [0.1, 0.15) is 20.8 Å². The zero-order valence-electron chi connectivity index (χ0n) is 11.3. The van der Waals surface area contributed by atoms with E-state index in [0.29, 0.717) is 0 Å². The Balaban J connectivity index is 2.80. The second kappa shape index (κ2) is 5.72. The Kier molecular flexibility index (Phi) is 4.67. The van der Waals surface area contributed by atoms with E-state index in [1.807, 2.05) is 0 Å². The van der Waals surface area contributed by atoms with E-state index in [2.05, 4.69) is 9.72 Å². The molecule has 0 bridgehead atoms. The molecule has 0 aliphatic rings. The number of nitrogen functional groups attached to an aromatic ring is 1. The number of alkyl halides is 4. The van der Waals surface area contributed by atoms with Crippen LogP contribution < -0.4 is 15.2 Å². The number of anilines is 1. The molecule has 2 N–H and O–H groups in total. The van der Waals surface area contributed by atoms with E-state index >= 15 is 0 Å². The lowest BCUT2D eigenvalue weighted by molar-refractivity contribution is -0.148. The van der Waals surface area contributed by atoms with Crippen LogP contribution >= 0.6 is 0 Å². The summed E-state index contributed by atoms with van der Waals surface area (Å²) in [6.07, 6.45) is -3.80. The first kappa shape index (κ1) is 16.3. The SMILES string of the molecule is CC(C)(C)Oc1nc(OCC(F)(F)C(F)F)ccc1N. The molecule has 0 aromatic carbocycles. The molecule has 0 aliphatic carbocycles. The average Bonchev–Trinajstić information content (AvgIpc) is 2.28. The number of ether oxygens (including phenoxy) is 2. The molecule has 1 aromatic rings. The number of nitrogens with two attached hydrogens (primary N) is 1. The zero-order valence-corrected chi connectivity index (χ0v) is 11.3.